The van der Waals surface area contributed by atoms with E-state index >= 15 is 0 Å². The van der Waals surface area contributed by atoms with Gasteiger partial charge in [0.2, 0.25) is 0 Å². The highest BCUT2D eigenvalue weighted by Gasteiger charge is 2.46. The molecule has 2 rings (SSSR count). The van der Waals surface area contributed by atoms with Gasteiger partial charge in [-0.15, -0.1) is 13.2 Å². The Morgan fingerprint density at radius 2 is 1.74 bits per heavy atom. The maximum atomic E-state index is 12.8. The Morgan fingerprint density at radius 1 is 1.09 bits per heavy atom. The predicted molar refractivity (Wildman–Crippen MR) is 82.6 cm³/mol. The summed E-state index contributed by atoms with van der Waals surface area (Å²) < 4.78 is 55.0. The first-order chi connectivity index (χ1) is 11.0. The first-order valence-corrected chi connectivity index (χ1v) is 8.30. The van der Waals surface area contributed by atoms with Gasteiger partial charge in [0.15, 0.2) is 0 Å². The Hall–Kier alpha value is -1.10. The third-order valence-corrected chi connectivity index (χ3v) is 4.64. The summed E-state index contributed by atoms with van der Waals surface area (Å²) in [6, 6.07) is 0. The Kier molecular flexibility index (Phi) is 6.45. The van der Waals surface area contributed by atoms with Crippen LogP contribution < -0.4 is 0 Å². The molecule has 1 saturated carbocycles. The first-order valence-electron chi connectivity index (χ1n) is 8.30. The second kappa shape index (κ2) is 8.13. The molecule has 0 aliphatic heterocycles. The van der Waals surface area contributed by atoms with Crippen molar-refractivity contribution in [1.29, 1.82) is 0 Å². The zero-order chi connectivity index (χ0) is 16.8. The van der Waals surface area contributed by atoms with E-state index in [1.54, 1.807) is 24.3 Å². The van der Waals surface area contributed by atoms with E-state index in [9.17, 15) is 17.6 Å². The minimum absolute atomic E-state index is 0.160. The van der Waals surface area contributed by atoms with Gasteiger partial charge in [-0.05, 0) is 56.8 Å². The van der Waals surface area contributed by atoms with Gasteiger partial charge < -0.3 is 0 Å². The monoisotopic (exact) mass is 332 g/mol. The summed E-state index contributed by atoms with van der Waals surface area (Å²) in [5.41, 5.74) is -1.35. The number of unbranched alkanes of at least 4 members (excludes halogenated alkanes) is 1. The Morgan fingerprint density at radius 3 is 2.30 bits per heavy atom. The van der Waals surface area contributed by atoms with Crippen LogP contribution in [-0.2, 0) is 4.74 Å². The summed E-state index contributed by atoms with van der Waals surface area (Å²) in [6.07, 6.45) is 11.1. The number of halogens is 4. The van der Waals surface area contributed by atoms with Gasteiger partial charge in [0.1, 0.15) is 5.60 Å². The van der Waals surface area contributed by atoms with Crippen LogP contribution >= 0.6 is 0 Å². The highest BCUT2D eigenvalue weighted by Crippen LogP contribution is 2.43. The molecule has 0 saturated heterocycles. The van der Waals surface area contributed by atoms with Crippen molar-refractivity contribution in [2.45, 2.75) is 56.9 Å². The topological polar surface area (TPSA) is 9.23 Å². The summed E-state index contributed by atoms with van der Waals surface area (Å²) in [7, 11) is 0. The van der Waals surface area contributed by atoms with E-state index in [1.165, 1.54) is 0 Å². The molecular formula is C18H24F4O. The molecule has 0 unspecified atom stereocenters. The van der Waals surface area contributed by atoms with Crippen molar-refractivity contribution in [2.24, 2.45) is 11.8 Å². The standard InChI is InChI=1S/C18H24F4O/c19-14-6-1-3-7-15-8-10-16(11-9-15)17(23-18(20,21)22)12-4-2-5-13-17/h3-5,7,12-13,15-16H,1-2,6,8-11,14H2/b7-3+. The van der Waals surface area contributed by atoms with Crippen LogP contribution in [0, 0.1) is 11.8 Å². The number of hydrogen-bond acceptors (Lipinski definition) is 1. The maximum Gasteiger partial charge on any atom is 0.523 e. The molecule has 2 aliphatic carbocycles. The fourth-order valence-corrected chi connectivity index (χ4v) is 3.51. The molecule has 0 aromatic rings. The largest absolute Gasteiger partial charge is 0.523 e. The molecule has 0 amide bonds. The average Bonchev–Trinajstić information content (AvgIpc) is 2.51. The molecule has 2 aliphatic rings. The van der Waals surface area contributed by atoms with E-state index in [1.807, 2.05) is 6.08 Å². The van der Waals surface area contributed by atoms with Crippen LogP contribution in [0.15, 0.2) is 36.5 Å². The number of allylic oxidation sites excluding steroid dienone is 4. The fourth-order valence-electron chi connectivity index (χ4n) is 3.51. The Bertz CT molecular complexity index is 430. The normalized spacial score (nSPS) is 27.7. The van der Waals surface area contributed by atoms with E-state index in [-0.39, 0.29) is 12.6 Å². The van der Waals surface area contributed by atoms with Gasteiger partial charge in [0.05, 0.1) is 6.67 Å². The van der Waals surface area contributed by atoms with Crippen LogP contribution in [0.25, 0.3) is 0 Å². The van der Waals surface area contributed by atoms with Crippen molar-refractivity contribution in [3.8, 4) is 0 Å². The van der Waals surface area contributed by atoms with Gasteiger partial charge in [-0.3, -0.25) is 9.13 Å². The molecule has 1 fully saturated rings. The van der Waals surface area contributed by atoms with E-state index in [2.05, 4.69) is 10.8 Å². The summed E-state index contributed by atoms with van der Waals surface area (Å²) in [6.45, 7) is -0.312. The summed E-state index contributed by atoms with van der Waals surface area (Å²) >= 11 is 0. The zero-order valence-corrected chi connectivity index (χ0v) is 13.2. The molecule has 1 nitrogen and oxygen atoms in total. The molecular weight excluding hydrogens is 308 g/mol. The highest BCUT2D eigenvalue weighted by atomic mass is 19.4. The van der Waals surface area contributed by atoms with Gasteiger partial charge in [-0.25, -0.2) is 0 Å². The minimum Gasteiger partial charge on any atom is -0.276 e. The van der Waals surface area contributed by atoms with E-state index in [4.69, 9.17) is 0 Å². The lowest BCUT2D eigenvalue weighted by molar-refractivity contribution is -0.358. The van der Waals surface area contributed by atoms with Crippen LogP contribution in [0.3, 0.4) is 0 Å². The van der Waals surface area contributed by atoms with Gasteiger partial charge in [0, 0.05) is 0 Å². The van der Waals surface area contributed by atoms with Crippen LogP contribution in [0.1, 0.15) is 44.9 Å². The highest BCUT2D eigenvalue weighted by molar-refractivity contribution is 5.23. The van der Waals surface area contributed by atoms with Gasteiger partial charge in [-0.1, -0.05) is 36.5 Å². The van der Waals surface area contributed by atoms with Crippen LogP contribution in [0.2, 0.25) is 0 Å². The second-order valence-electron chi connectivity index (χ2n) is 6.31. The fraction of sp³-hybridized carbons (Fsp3) is 0.667. The zero-order valence-electron chi connectivity index (χ0n) is 13.2. The van der Waals surface area contributed by atoms with Crippen LogP contribution in [-0.4, -0.2) is 18.6 Å². The molecule has 0 bridgehead atoms. The molecule has 23 heavy (non-hydrogen) atoms. The predicted octanol–water partition coefficient (Wildman–Crippen LogP) is 5.89. The lowest BCUT2D eigenvalue weighted by atomic mass is 9.72. The SMILES string of the molecule is FCCC/C=C/C1CCC(C2(OC(F)(F)F)C=CCC=C2)CC1. The Balaban J connectivity index is 1.95. The number of rotatable bonds is 6. The summed E-state index contributed by atoms with van der Waals surface area (Å²) in [5, 5.41) is 0. The van der Waals surface area contributed by atoms with Crippen molar-refractivity contribution in [2.75, 3.05) is 6.67 Å². The third-order valence-electron chi connectivity index (χ3n) is 4.64. The molecule has 0 atom stereocenters. The van der Waals surface area contributed by atoms with Gasteiger partial charge >= 0.3 is 6.36 Å². The molecule has 0 aromatic carbocycles. The maximum absolute atomic E-state index is 12.8. The molecule has 130 valence electrons. The lowest BCUT2D eigenvalue weighted by Crippen LogP contribution is -2.43. The summed E-state index contributed by atoms with van der Waals surface area (Å²) in [4.78, 5) is 0. The average molecular weight is 332 g/mol. The smallest absolute Gasteiger partial charge is 0.276 e. The quantitative estimate of drug-likeness (QED) is 0.335. The van der Waals surface area contributed by atoms with Crippen molar-refractivity contribution < 1.29 is 22.3 Å². The molecule has 0 N–H and O–H groups in total. The van der Waals surface area contributed by atoms with E-state index in [0.717, 1.165) is 19.3 Å². The first kappa shape index (κ1) is 18.2. The van der Waals surface area contributed by atoms with E-state index in [0.29, 0.717) is 31.6 Å². The second-order valence-corrected chi connectivity index (χ2v) is 6.31. The van der Waals surface area contributed by atoms with Gasteiger partial charge in [0.25, 0.3) is 0 Å². The summed E-state index contributed by atoms with van der Waals surface area (Å²) in [5.74, 6) is 0.220. The molecule has 0 aromatic heterocycles. The van der Waals surface area contributed by atoms with Gasteiger partial charge in [-0.2, -0.15) is 0 Å². The number of hydrogen-bond donors (Lipinski definition) is 0. The third kappa shape index (κ3) is 5.48. The Labute approximate surface area is 135 Å². The van der Waals surface area contributed by atoms with Crippen LogP contribution in [0.4, 0.5) is 17.6 Å². The van der Waals surface area contributed by atoms with Crippen LogP contribution in [0.5, 0.6) is 0 Å². The minimum atomic E-state index is -4.64. The molecule has 0 spiro atoms. The molecule has 0 heterocycles. The van der Waals surface area contributed by atoms with Crippen molar-refractivity contribution >= 4 is 0 Å². The molecule has 0 radical (unpaired) electrons. The molecule has 5 heteroatoms. The van der Waals surface area contributed by atoms with E-state index < -0.39 is 12.0 Å². The van der Waals surface area contributed by atoms with Crippen molar-refractivity contribution in [3.63, 3.8) is 0 Å². The lowest BCUT2D eigenvalue weighted by Gasteiger charge is -2.41. The number of alkyl halides is 4. The van der Waals surface area contributed by atoms with Crippen molar-refractivity contribution in [1.82, 2.24) is 0 Å². The van der Waals surface area contributed by atoms with Crippen molar-refractivity contribution in [3.05, 3.63) is 36.5 Å². The number of ether oxygens (including phenoxy) is 1.